The van der Waals surface area contributed by atoms with Crippen molar-refractivity contribution in [2.75, 3.05) is 0 Å². The van der Waals surface area contributed by atoms with Gasteiger partial charge < -0.3 is 10.1 Å². The zero-order valence-electron chi connectivity index (χ0n) is 7.87. The number of carbonyl (C=O) groups is 1. The summed E-state index contributed by atoms with van der Waals surface area (Å²) < 4.78 is 0.329. The van der Waals surface area contributed by atoms with Crippen LogP contribution in [0.25, 0.3) is 11.4 Å². The molecule has 82 valence electrons. The highest BCUT2D eigenvalue weighted by atomic mass is 79.9. The summed E-state index contributed by atoms with van der Waals surface area (Å²) in [6.07, 6.45) is 0. The molecule has 1 aromatic carbocycles. The summed E-state index contributed by atoms with van der Waals surface area (Å²) >= 11 is 9.07. The number of aromatic amines is 1. The van der Waals surface area contributed by atoms with Gasteiger partial charge in [-0.1, -0.05) is 23.7 Å². The molecule has 0 fully saturated rings. The molecule has 6 heteroatoms. The predicted molar refractivity (Wildman–Crippen MR) is 63.7 cm³/mol. The van der Waals surface area contributed by atoms with Gasteiger partial charge in [0.15, 0.2) is 5.69 Å². The van der Waals surface area contributed by atoms with Gasteiger partial charge in [-0.3, -0.25) is 0 Å². The Kier molecular flexibility index (Phi) is 2.98. The molecule has 2 N–H and O–H groups in total. The number of rotatable bonds is 2. The summed E-state index contributed by atoms with van der Waals surface area (Å²) in [5.74, 6) is -0.670. The number of hydrogen-bond donors (Lipinski definition) is 2. The smallest absolute Gasteiger partial charge is 0.357 e. The normalized spacial score (nSPS) is 10.4. The van der Waals surface area contributed by atoms with E-state index in [0.29, 0.717) is 21.0 Å². The van der Waals surface area contributed by atoms with E-state index in [2.05, 4.69) is 25.9 Å². The lowest BCUT2D eigenvalue weighted by molar-refractivity contribution is 0.0690. The van der Waals surface area contributed by atoms with Crippen molar-refractivity contribution in [1.29, 1.82) is 0 Å². The molecular formula is C10H6BrClN2O2. The largest absolute Gasteiger partial charge is 0.476 e. The summed E-state index contributed by atoms with van der Waals surface area (Å²) in [6.45, 7) is 0. The highest BCUT2D eigenvalue weighted by Gasteiger charge is 2.16. The lowest BCUT2D eigenvalue weighted by Crippen LogP contribution is -1.97. The van der Waals surface area contributed by atoms with Crippen LogP contribution in [0, 0.1) is 0 Å². The van der Waals surface area contributed by atoms with Crippen LogP contribution in [0.4, 0.5) is 0 Å². The Morgan fingerprint density at radius 1 is 1.44 bits per heavy atom. The number of imidazole rings is 1. The Balaban J connectivity index is 2.54. The SMILES string of the molecule is O=C(O)c1nc(-c2ccccc2Cl)[nH]c1Br. The molecule has 0 aliphatic carbocycles. The van der Waals surface area contributed by atoms with Crippen LogP contribution >= 0.6 is 27.5 Å². The van der Waals surface area contributed by atoms with Crippen molar-refractivity contribution < 1.29 is 9.90 Å². The maximum Gasteiger partial charge on any atom is 0.357 e. The fourth-order valence-electron chi connectivity index (χ4n) is 1.27. The van der Waals surface area contributed by atoms with Crippen LogP contribution in [0.2, 0.25) is 5.02 Å². The zero-order chi connectivity index (χ0) is 11.7. The highest BCUT2D eigenvalue weighted by molar-refractivity contribution is 9.10. The number of aromatic nitrogens is 2. The van der Waals surface area contributed by atoms with Crippen LogP contribution in [0.1, 0.15) is 10.5 Å². The number of H-pyrrole nitrogens is 1. The molecule has 0 saturated carbocycles. The van der Waals surface area contributed by atoms with Gasteiger partial charge in [0.25, 0.3) is 0 Å². The molecule has 0 spiro atoms. The molecule has 0 aliphatic heterocycles. The van der Waals surface area contributed by atoms with Crippen molar-refractivity contribution in [1.82, 2.24) is 9.97 Å². The zero-order valence-corrected chi connectivity index (χ0v) is 10.2. The third kappa shape index (κ3) is 1.96. The van der Waals surface area contributed by atoms with Gasteiger partial charge in [-0.05, 0) is 28.1 Å². The first-order valence-corrected chi connectivity index (χ1v) is 5.50. The summed E-state index contributed by atoms with van der Waals surface area (Å²) in [5, 5.41) is 9.36. The van der Waals surface area contributed by atoms with E-state index in [-0.39, 0.29) is 5.69 Å². The Bertz CT molecular complexity index is 554. The Labute approximate surface area is 104 Å². The molecule has 1 heterocycles. The van der Waals surface area contributed by atoms with Crippen LogP contribution in [-0.2, 0) is 0 Å². The van der Waals surface area contributed by atoms with Gasteiger partial charge in [0.2, 0.25) is 0 Å². The van der Waals surface area contributed by atoms with Crippen molar-refractivity contribution in [3.63, 3.8) is 0 Å². The fourth-order valence-corrected chi connectivity index (χ4v) is 1.95. The molecule has 0 atom stereocenters. The van der Waals surface area contributed by atoms with E-state index in [1.54, 1.807) is 24.3 Å². The molecule has 2 rings (SSSR count). The summed E-state index contributed by atoms with van der Waals surface area (Å²) in [5.41, 5.74) is 0.604. The molecule has 2 aromatic rings. The first-order chi connectivity index (χ1) is 7.59. The quantitative estimate of drug-likeness (QED) is 0.895. The second-order valence-electron chi connectivity index (χ2n) is 3.03. The average Bonchev–Trinajstić information content (AvgIpc) is 2.61. The minimum Gasteiger partial charge on any atom is -0.476 e. The van der Waals surface area contributed by atoms with Crippen LogP contribution in [0.3, 0.4) is 0 Å². The van der Waals surface area contributed by atoms with Crippen LogP contribution in [-0.4, -0.2) is 21.0 Å². The van der Waals surface area contributed by atoms with Gasteiger partial charge in [-0.25, -0.2) is 9.78 Å². The molecule has 0 bridgehead atoms. The van der Waals surface area contributed by atoms with E-state index in [9.17, 15) is 4.79 Å². The minimum atomic E-state index is -1.10. The van der Waals surface area contributed by atoms with Crippen LogP contribution < -0.4 is 0 Å². The second kappa shape index (κ2) is 4.27. The Hall–Kier alpha value is -1.33. The summed E-state index contributed by atoms with van der Waals surface area (Å²) in [6, 6.07) is 7.08. The molecule has 4 nitrogen and oxygen atoms in total. The van der Waals surface area contributed by atoms with Gasteiger partial charge >= 0.3 is 5.97 Å². The third-order valence-corrected chi connectivity index (χ3v) is 2.89. The first-order valence-electron chi connectivity index (χ1n) is 4.33. The Morgan fingerprint density at radius 2 is 2.12 bits per heavy atom. The fraction of sp³-hybridized carbons (Fsp3) is 0. The molecule has 16 heavy (non-hydrogen) atoms. The molecule has 0 radical (unpaired) electrons. The number of nitrogens with one attached hydrogen (secondary N) is 1. The number of nitrogens with zero attached hydrogens (tertiary/aromatic N) is 1. The van der Waals surface area contributed by atoms with Crippen molar-refractivity contribution >= 4 is 33.5 Å². The number of halogens is 2. The Morgan fingerprint density at radius 3 is 2.69 bits per heavy atom. The monoisotopic (exact) mass is 300 g/mol. The number of carboxylic acids is 1. The van der Waals surface area contributed by atoms with E-state index in [0.717, 1.165) is 0 Å². The number of hydrogen-bond acceptors (Lipinski definition) is 2. The highest BCUT2D eigenvalue weighted by Crippen LogP contribution is 2.27. The van der Waals surface area contributed by atoms with Crippen molar-refractivity contribution in [2.45, 2.75) is 0 Å². The molecule has 1 aromatic heterocycles. The second-order valence-corrected chi connectivity index (χ2v) is 4.23. The number of carboxylic acid groups (broad SMARTS) is 1. The standard InChI is InChI=1S/C10H6BrClN2O2/c11-8-7(10(15)16)13-9(14-8)5-3-1-2-4-6(5)12/h1-4H,(H,13,14)(H,15,16). The molecular weight excluding hydrogens is 295 g/mol. The van der Waals surface area contributed by atoms with E-state index in [1.165, 1.54) is 0 Å². The minimum absolute atomic E-state index is 0.0603. The van der Waals surface area contributed by atoms with E-state index >= 15 is 0 Å². The van der Waals surface area contributed by atoms with Crippen LogP contribution in [0.5, 0.6) is 0 Å². The maximum atomic E-state index is 10.8. The van der Waals surface area contributed by atoms with Crippen LogP contribution in [0.15, 0.2) is 28.9 Å². The van der Waals surface area contributed by atoms with Gasteiger partial charge in [0.05, 0.1) is 5.02 Å². The number of benzene rings is 1. The predicted octanol–water partition coefficient (Wildman–Crippen LogP) is 3.19. The third-order valence-electron chi connectivity index (χ3n) is 1.99. The lowest BCUT2D eigenvalue weighted by atomic mass is 10.2. The van der Waals surface area contributed by atoms with Crippen molar-refractivity contribution in [3.8, 4) is 11.4 Å². The van der Waals surface area contributed by atoms with E-state index in [4.69, 9.17) is 16.7 Å². The summed E-state index contributed by atoms with van der Waals surface area (Å²) in [4.78, 5) is 17.6. The molecule has 0 aliphatic rings. The van der Waals surface area contributed by atoms with E-state index < -0.39 is 5.97 Å². The van der Waals surface area contributed by atoms with E-state index in [1.807, 2.05) is 0 Å². The molecule has 0 amide bonds. The lowest BCUT2D eigenvalue weighted by Gasteiger charge is -1.98. The summed E-state index contributed by atoms with van der Waals surface area (Å²) in [7, 11) is 0. The maximum absolute atomic E-state index is 10.8. The van der Waals surface area contributed by atoms with Crippen molar-refractivity contribution in [3.05, 3.63) is 39.6 Å². The van der Waals surface area contributed by atoms with Gasteiger partial charge in [0.1, 0.15) is 10.4 Å². The average molecular weight is 302 g/mol. The number of aromatic carboxylic acids is 1. The van der Waals surface area contributed by atoms with Gasteiger partial charge in [-0.2, -0.15) is 0 Å². The topological polar surface area (TPSA) is 66.0 Å². The molecule has 0 unspecified atom stereocenters. The van der Waals surface area contributed by atoms with Crippen molar-refractivity contribution in [2.24, 2.45) is 0 Å². The van der Waals surface area contributed by atoms with Gasteiger partial charge in [0, 0.05) is 5.56 Å². The molecule has 0 saturated heterocycles. The van der Waals surface area contributed by atoms with Gasteiger partial charge in [-0.15, -0.1) is 0 Å². The first kappa shape index (κ1) is 11.2.